The largest absolute Gasteiger partial charge is 0.354 e. The van der Waals surface area contributed by atoms with E-state index in [1.807, 2.05) is 68.4 Å². The molecule has 0 bridgehead atoms. The maximum absolute atomic E-state index is 14.5. The molecule has 4 aromatic rings. The van der Waals surface area contributed by atoms with Crippen LogP contribution in [0.1, 0.15) is 35.6 Å². The Balaban J connectivity index is 1.82. The Labute approximate surface area is 265 Å². The molecule has 0 aromatic heterocycles. The molecular formula is C35H38ClN3O4S. The Bertz CT molecular complexity index is 1680. The zero-order valence-corrected chi connectivity index (χ0v) is 26.8. The van der Waals surface area contributed by atoms with Gasteiger partial charge in [0.25, 0.3) is 10.0 Å². The van der Waals surface area contributed by atoms with Gasteiger partial charge in [-0.1, -0.05) is 103 Å². The highest BCUT2D eigenvalue weighted by molar-refractivity contribution is 7.92. The number of benzene rings is 4. The summed E-state index contributed by atoms with van der Waals surface area (Å²) in [6.45, 7) is 5.72. The van der Waals surface area contributed by atoms with Crippen LogP contribution in [0.2, 0.25) is 5.02 Å². The average molecular weight is 632 g/mol. The maximum atomic E-state index is 14.5. The Morgan fingerprint density at radius 1 is 0.841 bits per heavy atom. The number of carbonyl (C=O) groups excluding carboxylic acids is 2. The van der Waals surface area contributed by atoms with Crippen LogP contribution >= 0.6 is 11.6 Å². The highest BCUT2D eigenvalue weighted by Gasteiger charge is 2.35. The minimum atomic E-state index is -4.19. The maximum Gasteiger partial charge on any atom is 0.264 e. The molecule has 0 spiro atoms. The number of carbonyl (C=O) groups is 2. The van der Waals surface area contributed by atoms with Gasteiger partial charge in [0.2, 0.25) is 11.8 Å². The quantitative estimate of drug-likeness (QED) is 0.187. The number of sulfonamides is 1. The fourth-order valence-electron chi connectivity index (χ4n) is 5.01. The third-order valence-electron chi connectivity index (χ3n) is 7.31. The predicted octanol–water partition coefficient (Wildman–Crippen LogP) is 6.32. The first-order chi connectivity index (χ1) is 21.1. The van der Waals surface area contributed by atoms with Gasteiger partial charge in [0.1, 0.15) is 12.6 Å². The van der Waals surface area contributed by atoms with Crippen molar-refractivity contribution < 1.29 is 18.0 Å². The lowest BCUT2D eigenvalue weighted by molar-refractivity contribution is -0.140. The molecule has 0 heterocycles. The lowest BCUT2D eigenvalue weighted by atomic mass is 10.0. The van der Waals surface area contributed by atoms with Crippen molar-refractivity contribution in [3.63, 3.8) is 0 Å². The van der Waals surface area contributed by atoms with Crippen LogP contribution < -0.4 is 9.62 Å². The lowest BCUT2D eigenvalue weighted by Crippen LogP contribution is -2.53. The smallest absolute Gasteiger partial charge is 0.264 e. The van der Waals surface area contributed by atoms with Crippen LogP contribution in [0.25, 0.3) is 0 Å². The van der Waals surface area contributed by atoms with E-state index >= 15 is 0 Å². The van der Waals surface area contributed by atoms with Gasteiger partial charge in [0.05, 0.1) is 10.6 Å². The molecule has 4 aromatic carbocycles. The molecule has 0 aliphatic heterocycles. The minimum absolute atomic E-state index is 0.0407. The van der Waals surface area contributed by atoms with Gasteiger partial charge in [0.15, 0.2) is 0 Å². The van der Waals surface area contributed by atoms with Crippen LogP contribution in [0.4, 0.5) is 5.69 Å². The zero-order chi connectivity index (χ0) is 31.7. The molecule has 0 saturated heterocycles. The van der Waals surface area contributed by atoms with Crippen molar-refractivity contribution in [3.05, 3.63) is 130 Å². The first-order valence-corrected chi connectivity index (χ1v) is 16.4. The summed E-state index contributed by atoms with van der Waals surface area (Å²) in [5, 5.41) is 3.30. The van der Waals surface area contributed by atoms with Crippen molar-refractivity contribution in [2.75, 3.05) is 17.4 Å². The van der Waals surface area contributed by atoms with E-state index in [4.69, 9.17) is 11.6 Å². The summed E-state index contributed by atoms with van der Waals surface area (Å²) < 4.78 is 29.3. The first kappa shape index (κ1) is 32.8. The number of anilines is 1. The second kappa shape index (κ2) is 15.0. The lowest BCUT2D eigenvalue weighted by Gasteiger charge is -2.34. The van der Waals surface area contributed by atoms with Gasteiger partial charge in [-0.3, -0.25) is 13.9 Å². The number of amides is 2. The van der Waals surface area contributed by atoms with Crippen molar-refractivity contribution in [1.82, 2.24) is 10.2 Å². The molecule has 230 valence electrons. The average Bonchev–Trinajstić information content (AvgIpc) is 3.02. The number of hydrogen-bond donors (Lipinski definition) is 1. The van der Waals surface area contributed by atoms with Crippen LogP contribution in [0, 0.1) is 13.8 Å². The van der Waals surface area contributed by atoms with E-state index in [1.165, 1.54) is 17.0 Å². The second-order valence-corrected chi connectivity index (χ2v) is 13.1. The van der Waals surface area contributed by atoms with E-state index in [1.54, 1.807) is 43.3 Å². The van der Waals surface area contributed by atoms with Gasteiger partial charge < -0.3 is 10.2 Å². The van der Waals surface area contributed by atoms with Crippen molar-refractivity contribution in [2.45, 2.75) is 51.1 Å². The number of halogens is 1. The topological polar surface area (TPSA) is 86.8 Å². The van der Waals surface area contributed by atoms with Gasteiger partial charge >= 0.3 is 0 Å². The van der Waals surface area contributed by atoms with E-state index < -0.39 is 28.5 Å². The summed E-state index contributed by atoms with van der Waals surface area (Å²) in [6, 6.07) is 29.3. The summed E-state index contributed by atoms with van der Waals surface area (Å²) in [5.41, 5.74) is 3.64. The summed E-state index contributed by atoms with van der Waals surface area (Å²) in [4.78, 5) is 29.8. The van der Waals surface area contributed by atoms with Crippen LogP contribution in [0.5, 0.6) is 0 Å². The van der Waals surface area contributed by atoms with E-state index in [9.17, 15) is 18.0 Å². The fourth-order valence-corrected chi connectivity index (χ4v) is 6.67. The highest BCUT2D eigenvalue weighted by atomic mass is 35.5. The van der Waals surface area contributed by atoms with Gasteiger partial charge in [-0.2, -0.15) is 0 Å². The summed E-state index contributed by atoms with van der Waals surface area (Å²) in [5.74, 6) is -0.814. The molecular weight excluding hydrogens is 594 g/mol. The highest BCUT2D eigenvalue weighted by Crippen LogP contribution is 2.30. The molecule has 44 heavy (non-hydrogen) atoms. The van der Waals surface area contributed by atoms with Crippen LogP contribution in [0.3, 0.4) is 0 Å². The van der Waals surface area contributed by atoms with Crippen molar-refractivity contribution in [3.8, 4) is 0 Å². The minimum Gasteiger partial charge on any atom is -0.354 e. The van der Waals surface area contributed by atoms with Gasteiger partial charge in [0, 0.05) is 24.5 Å². The van der Waals surface area contributed by atoms with E-state index in [0.29, 0.717) is 22.8 Å². The number of nitrogens with one attached hydrogen (secondary N) is 1. The van der Waals surface area contributed by atoms with Crippen LogP contribution in [-0.2, 0) is 32.6 Å². The SMILES string of the molecule is CCCNC(=O)C(Cc1ccccc1)N(Cc1cccc(C)c1)C(=O)CN(c1cc(Cl)ccc1C)S(=O)(=O)c1ccccc1. The standard InChI is InChI=1S/C35H38ClN3O4S/c1-4-20-37-35(41)33(22-28-13-7-5-8-14-28)38(24-29-15-11-12-26(2)21-29)34(40)25-39(32-23-30(36)19-18-27(32)3)44(42,43)31-16-9-6-10-17-31/h5-19,21,23,33H,4,20,22,24-25H2,1-3H3,(H,37,41). The van der Waals surface area contributed by atoms with Gasteiger partial charge in [-0.05, 0) is 61.2 Å². The number of nitrogens with zero attached hydrogens (tertiary/aromatic N) is 2. The molecule has 0 aliphatic rings. The molecule has 0 aliphatic carbocycles. The summed E-state index contributed by atoms with van der Waals surface area (Å²) >= 11 is 6.34. The Hall–Kier alpha value is -4.14. The molecule has 7 nitrogen and oxygen atoms in total. The molecule has 4 rings (SSSR count). The third-order valence-corrected chi connectivity index (χ3v) is 9.31. The number of aryl methyl sites for hydroxylation is 2. The monoisotopic (exact) mass is 631 g/mol. The van der Waals surface area contributed by atoms with Crippen molar-refractivity contribution in [2.24, 2.45) is 0 Å². The predicted molar refractivity (Wildman–Crippen MR) is 176 cm³/mol. The van der Waals surface area contributed by atoms with E-state index in [2.05, 4.69) is 5.32 Å². The molecule has 0 saturated carbocycles. The van der Waals surface area contributed by atoms with Gasteiger partial charge in [-0.25, -0.2) is 8.42 Å². The van der Waals surface area contributed by atoms with Crippen molar-refractivity contribution >= 4 is 39.1 Å². The van der Waals surface area contributed by atoms with E-state index in [0.717, 1.165) is 27.4 Å². The number of hydrogen-bond acceptors (Lipinski definition) is 4. The molecule has 1 atom stereocenters. The van der Waals surface area contributed by atoms with E-state index in [-0.39, 0.29) is 23.8 Å². The Kier molecular flexibility index (Phi) is 11.2. The molecule has 9 heteroatoms. The zero-order valence-electron chi connectivity index (χ0n) is 25.2. The number of rotatable bonds is 13. The molecule has 1 N–H and O–H groups in total. The Morgan fingerprint density at radius 3 is 2.16 bits per heavy atom. The van der Waals surface area contributed by atoms with Crippen LogP contribution in [0.15, 0.2) is 108 Å². The Morgan fingerprint density at radius 2 is 1.50 bits per heavy atom. The second-order valence-electron chi connectivity index (χ2n) is 10.8. The normalized spacial score (nSPS) is 11.9. The van der Waals surface area contributed by atoms with Gasteiger partial charge in [-0.15, -0.1) is 0 Å². The fraction of sp³-hybridized carbons (Fsp3) is 0.257. The first-order valence-electron chi connectivity index (χ1n) is 14.6. The molecule has 1 unspecified atom stereocenters. The molecule has 2 amide bonds. The van der Waals surface area contributed by atoms with Crippen molar-refractivity contribution in [1.29, 1.82) is 0 Å². The molecule has 0 fully saturated rings. The summed E-state index contributed by atoms with van der Waals surface area (Å²) in [6.07, 6.45) is 0.988. The molecule has 0 radical (unpaired) electrons. The third kappa shape index (κ3) is 8.27. The summed E-state index contributed by atoms with van der Waals surface area (Å²) in [7, 11) is -4.19. The van der Waals surface area contributed by atoms with Crippen LogP contribution in [-0.4, -0.2) is 44.3 Å².